The molecule has 6 nitrogen and oxygen atoms in total. The molecule has 2 aromatic rings. The molecule has 0 atom stereocenters. The Morgan fingerprint density at radius 1 is 1.07 bits per heavy atom. The second kappa shape index (κ2) is 9.32. The maximum Gasteiger partial charge on any atom is 0.251 e. The second-order valence-corrected chi connectivity index (χ2v) is 7.72. The van der Waals surface area contributed by atoms with Gasteiger partial charge in [-0.3, -0.25) is 9.59 Å². The summed E-state index contributed by atoms with van der Waals surface area (Å²) >= 11 is 5.20. The first kappa shape index (κ1) is 21.4. The van der Waals surface area contributed by atoms with Crippen LogP contribution in [0.25, 0.3) is 0 Å². The predicted octanol–water partition coefficient (Wildman–Crippen LogP) is 3.28. The van der Waals surface area contributed by atoms with Crippen LogP contribution in [0.2, 0.25) is 0 Å². The summed E-state index contributed by atoms with van der Waals surface area (Å²) in [5.41, 5.74) is 1.65. The van der Waals surface area contributed by atoms with Crippen molar-refractivity contribution in [3.8, 4) is 5.75 Å². The van der Waals surface area contributed by atoms with Crippen molar-refractivity contribution in [3.63, 3.8) is 0 Å². The molecule has 0 aliphatic carbocycles. The monoisotopic (exact) mass is 399 g/mol. The van der Waals surface area contributed by atoms with Gasteiger partial charge in [0.1, 0.15) is 5.75 Å². The highest BCUT2D eigenvalue weighted by Gasteiger charge is 2.15. The number of ether oxygens (including phenoxy) is 1. The Bertz CT molecular complexity index is 858. The minimum atomic E-state index is -0.328. The minimum Gasteiger partial charge on any atom is -0.497 e. The number of anilines is 1. The third kappa shape index (κ3) is 7.00. The molecule has 0 heterocycles. The van der Waals surface area contributed by atoms with Gasteiger partial charge >= 0.3 is 0 Å². The molecule has 0 unspecified atom stereocenters. The van der Waals surface area contributed by atoms with Crippen LogP contribution in [0.4, 0.5) is 5.69 Å². The molecule has 148 valence electrons. The molecule has 2 rings (SSSR count). The van der Waals surface area contributed by atoms with E-state index in [-0.39, 0.29) is 28.9 Å². The maximum atomic E-state index is 12.3. The smallest absolute Gasteiger partial charge is 0.251 e. The normalized spacial score (nSPS) is 10.7. The first-order valence-electron chi connectivity index (χ1n) is 8.82. The third-order valence-corrected chi connectivity index (χ3v) is 3.85. The van der Waals surface area contributed by atoms with Crippen molar-refractivity contribution in [2.24, 2.45) is 0 Å². The van der Waals surface area contributed by atoms with Crippen LogP contribution in [0.15, 0.2) is 48.5 Å². The highest BCUT2D eigenvalue weighted by atomic mass is 32.1. The second-order valence-electron chi connectivity index (χ2n) is 7.31. The van der Waals surface area contributed by atoms with Gasteiger partial charge in [-0.2, -0.15) is 0 Å². The molecule has 0 spiro atoms. The standard InChI is InChI=1S/C21H25N3O3S/c1-21(2,3)24-19(26)15-6-5-7-16(13-15)22-20(28)23-18(25)12-14-8-10-17(27-4)11-9-14/h5-11,13H,12H2,1-4H3,(H,24,26)(H2,22,23,25,28). The number of thiocarbonyl (C=S) groups is 1. The van der Waals surface area contributed by atoms with Crippen molar-refractivity contribution in [1.82, 2.24) is 10.6 Å². The fourth-order valence-corrected chi connectivity index (χ4v) is 2.64. The van der Waals surface area contributed by atoms with Gasteiger partial charge in [0.2, 0.25) is 5.91 Å². The van der Waals surface area contributed by atoms with Gasteiger partial charge in [0, 0.05) is 16.8 Å². The van der Waals surface area contributed by atoms with E-state index in [1.807, 2.05) is 32.9 Å². The van der Waals surface area contributed by atoms with Crippen LogP contribution in [-0.4, -0.2) is 29.6 Å². The average Bonchev–Trinajstić information content (AvgIpc) is 2.61. The summed E-state index contributed by atoms with van der Waals surface area (Å²) in [5.74, 6) is 0.326. The van der Waals surface area contributed by atoms with Crippen molar-refractivity contribution >= 4 is 34.8 Å². The topological polar surface area (TPSA) is 79.5 Å². The SMILES string of the molecule is COc1ccc(CC(=O)NC(=S)Nc2cccc(C(=O)NC(C)(C)C)c2)cc1. The van der Waals surface area contributed by atoms with Crippen molar-refractivity contribution in [3.05, 3.63) is 59.7 Å². The molecule has 2 amide bonds. The summed E-state index contributed by atoms with van der Waals surface area (Å²) in [7, 11) is 1.59. The molecule has 28 heavy (non-hydrogen) atoms. The molecule has 2 aromatic carbocycles. The van der Waals surface area contributed by atoms with Gasteiger partial charge in [0.25, 0.3) is 5.91 Å². The molecule has 0 bridgehead atoms. The number of amides is 2. The molecule has 0 saturated carbocycles. The van der Waals surface area contributed by atoms with Crippen LogP contribution in [0, 0.1) is 0 Å². The Morgan fingerprint density at radius 3 is 2.36 bits per heavy atom. The zero-order chi connectivity index (χ0) is 20.7. The fraction of sp³-hybridized carbons (Fsp3) is 0.286. The van der Waals surface area contributed by atoms with Crippen LogP contribution in [0.1, 0.15) is 36.7 Å². The lowest BCUT2D eigenvalue weighted by Crippen LogP contribution is -2.40. The van der Waals surface area contributed by atoms with E-state index in [1.165, 1.54) is 0 Å². The minimum absolute atomic E-state index is 0.173. The van der Waals surface area contributed by atoms with Gasteiger partial charge < -0.3 is 20.7 Å². The van der Waals surface area contributed by atoms with Crippen LogP contribution >= 0.6 is 12.2 Å². The molecule has 0 saturated heterocycles. The number of benzene rings is 2. The molecule has 7 heteroatoms. The number of nitrogens with one attached hydrogen (secondary N) is 3. The van der Waals surface area contributed by atoms with E-state index in [0.717, 1.165) is 11.3 Å². The first-order valence-corrected chi connectivity index (χ1v) is 9.23. The van der Waals surface area contributed by atoms with E-state index in [9.17, 15) is 9.59 Å². The number of carbonyl (C=O) groups is 2. The Labute approximate surface area is 170 Å². The molecule has 0 radical (unpaired) electrons. The largest absolute Gasteiger partial charge is 0.497 e. The molecule has 3 N–H and O–H groups in total. The van der Waals surface area contributed by atoms with Gasteiger partial charge in [-0.25, -0.2) is 0 Å². The Balaban J connectivity index is 1.92. The first-order chi connectivity index (χ1) is 13.2. The molecule has 0 aliphatic rings. The summed E-state index contributed by atoms with van der Waals surface area (Å²) in [5, 5.41) is 8.65. The van der Waals surface area contributed by atoms with Crippen LogP contribution in [0.5, 0.6) is 5.75 Å². The number of methoxy groups -OCH3 is 1. The number of hydrogen-bond acceptors (Lipinski definition) is 4. The Hall–Kier alpha value is -2.93. The zero-order valence-electron chi connectivity index (χ0n) is 16.5. The lowest BCUT2D eigenvalue weighted by molar-refractivity contribution is -0.119. The van der Waals surface area contributed by atoms with Gasteiger partial charge in [-0.1, -0.05) is 18.2 Å². The highest BCUT2D eigenvalue weighted by Crippen LogP contribution is 2.13. The number of carbonyl (C=O) groups excluding carboxylic acids is 2. The summed E-state index contributed by atoms with van der Waals surface area (Å²) < 4.78 is 5.10. The van der Waals surface area contributed by atoms with E-state index in [0.29, 0.717) is 11.3 Å². The van der Waals surface area contributed by atoms with E-state index in [4.69, 9.17) is 17.0 Å². The van der Waals surface area contributed by atoms with Gasteiger partial charge in [0.05, 0.1) is 13.5 Å². The van der Waals surface area contributed by atoms with Crippen molar-refractivity contribution in [2.75, 3.05) is 12.4 Å². The number of hydrogen-bond donors (Lipinski definition) is 3. The lowest BCUT2D eigenvalue weighted by Gasteiger charge is -2.20. The summed E-state index contributed by atoms with van der Waals surface area (Å²) in [6, 6.07) is 14.2. The van der Waals surface area contributed by atoms with Crippen molar-refractivity contribution in [2.45, 2.75) is 32.7 Å². The molecule has 0 aliphatic heterocycles. The van der Waals surface area contributed by atoms with Crippen LogP contribution < -0.4 is 20.7 Å². The van der Waals surface area contributed by atoms with E-state index >= 15 is 0 Å². The quantitative estimate of drug-likeness (QED) is 0.673. The van der Waals surface area contributed by atoms with Gasteiger partial charge in [-0.15, -0.1) is 0 Å². The fourth-order valence-electron chi connectivity index (χ4n) is 2.41. The third-order valence-electron chi connectivity index (χ3n) is 3.65. The van der Waals surface area contributed by atoms with Crippen molar-refractivity contribution in [1.29, 1.82) is 0 Å². The van der Waals surface area contributed by atoms with Gasteiger partial charge in [-0.05, 0) is 68.9 Å². The molecule has 0 fully saturated rings. The summed E-state index contributed by atoms with van der Waals surface area (Å²) in [6.45, 7) is 5.75. The van der Waals surface area contributed by atoms with E-state index in [1.54, 1.807) is 43.5 Å². The predicted molar refractivity (Wildman–Crippen MR) is 115 cm³/mol. The van der Waals surface area contributed by atoms with Crippen molar-refractivity contribution < 1.29 is 14.3 Å². The van der Waals surface area contributed by atoms with E-state index < -0.39 is 0 Å². The van der Waals surface area contributed by atoms with Crippen LogP contribution in [-0.2, 0) is 11.2 Å². The van der Waals surface area contributed by atoms with Gasteiger partial charge in [0.15, 0.2) is 5.11 Å². The number of rotatable bonds is 5. The summed E-state index contributed by atoms with van der Waals surface area (Å²) in [4.78, 5) is 24.4. The van der Waals surface area contributed by atoms with E-state index in [2.05, 4.69) is 16.0 Å². The summed E-state index contributed by atoms with van der Waals surface area (Å²) in [6.07, 6.45) is 0.194. The average molecular weight is 400 g/mol. The lowest BCUT2D eigenvalue weighted by atomic mass is 10.1. The maximum absolute atomic E-state index is 12.3. The highest BCUT2D eigenvalue weighted by molar-refractivity contribution is 7.80. The molecular weight excluding hydrogens is 374 g/mol. The van der Waals surface area contributed by atoms with Crippen LogP contribution in [0.3, 0.4) is 0 Å². The molecule has 0 aromatic heterocycles. The Morgan fingerprint density at radius 2 is 1.75 bits per heavy atom. The molecular formula is C21H25N3O3S. The zero-order valence-corrected chi connectivity index (χ0v) is 17.3. The Kier molecular flexibility index (Phi) is 7.12.